The molecular weight excluding hydrogens is 348 g/mol. The van der Waals surface area contributed by atoms with Crippen LogP contribution in [0, 0.1) is 0 Å². The molecule has 3 aromatic rings. The van der Waals surface area contributed by atoms with Crippen LogP contribution in [0.4, 0.5) is 0 Å². The van der Waals surface area contributed by atoms with Crippen molar-refractivity contribution in [1.82, 2.24) is 9.78 Å². The lowest BCUT2D eigenvalue weighted by Gasteiger charge is -2.00. The van der Waals surface area contributed by atoms with Gasteiger partial charge in [-0.3, -0.25) is 4.79 Å². The van der Waals surface area contributed by atoms with Crippen LogP contribution < -0.4 is 0 Å². The van der Waals surface area contributed by atoms with Crippen molar-refractivity contribution in [3.63, 3.8) is 0 Å². The quantitative estimate of drug-likeness (QED) is 0.509. The molecule has 2 aromatic heterocycles. The fourth-order valence-corrected chi connectivity index (χ4v) is 2.94. The lowest BCUT2D eigenvalue weighted by atomic mass is 10.1. The summed E-state index contributed by atoms with van der Waals surface area (Å²) in [5, 5.41) is 6.69. The van der Waals surface area contributed by atoms with Crippen LogP contribution in [-0.2, 0) is 4.74 Å². The first-order valence-electron chi connectivity index (χ1n) is 7.21. The molecule has 3 rings (SSSR count). The van der Waals surface area contributed by atoms with E-state index in [1.54, 1.807) is 48.7 Å². The van der Waals surface area contributed by atoms with Gasteiger partial charge in [0.15, 0.2) is 0 Å². The molecule has 1 aromatic carbocycles. The molecule has 0 saturated heterocycles. The van der Waals surface area contributed by atoms with Gasteiger partial charge in [-0.2, -0.15) is 5.10 Å². The summed E-state index contributed by atoms with van der Waals surface area (Å²) in [5.41, 5.74) is 0.909. The standard InChI is InChI=1S/C17H13ClN2O3S/c1-2-23-17(22)13-10-20(12-7-5-11(18)6-8-12)19-15(13)16(21)14-4-3-9-24-14/h3-10H,2H2,1H3. The summed E-state index contributed by atoms with van der Waals surface area (Å²) in [7, 11) is 0. The second kappa shape index (κ2) is 6.98. The Morgan fingerprint density at radius 2 is 2.00 bits per heavy atom. The molecule has 122 valence electrons. The summed E-state index contributed by atoms with van der Waals surface area (Å²) >= 11 is 7.19. The lowest BCUT2D eigenvalue weighted by molar-refractivity contribution is 0.0523. The summed E-state index contributed by atoms with van der Waals surface area (Å²) in [5.74, 6) is -0.876. The Bertz CT molecular complexity index is 870. The van der Waals surface area contributed by atoms with Gasteiger partial charge in [0.05, 0.1) is 17.2 Å². The summed E-state index contributed by atoms with van der Waals surface area (Å²) < 4.78 is 6.52. The van der Waals surface area contributed by atoms with Crippen molar-refractivity contribution in [2.75, 3.05) is 6.61 Å². The second-order valence-corrected chi connectivity index (χ2v) is 6.22. The van der Waals surface area contributed by atoms with E-state index in [1.807, 2.05) is 0 Å². The third-order valence-corrected chi connectivity index (χ3v) is 4.38. The first kappa shape index (κ1) is 16.4. The van der Waals surface area contributed by atoms with Gasteiger partial charge < -0.3 is 4.74 Å². The molecule has 0 N–H and O–H groups in total. The van der Waals surface area contributed by atoms with E-state index in [9.17, 15) is 9.59 Å². The van der Waals surface area contributed by atoms with Gasteiger partial charge in [-0.05, 0) is 42.6 Å². The molecule has 0 aliphatic rings. The van der Waals surface area contributed by atoms with Crippen molar-refractivity contribution < 1.29 is 14.3 Å². The number of hydrogen-bond acceptors (Lipinski definition) is 5. The van der Waals surface area contributed by atoms with Crippen LogP contribution in [0.2, 0.25) is 5.02 Å². The highest BCUT2D eigenvalue weighted by Crippen LogP contribution is 2.20. The zero-order valence-corrected chi connectivity index (χ0v) is 14.3. The van der Waals surface area contributed by atoms with E-state index in [-0.39, 0.29) is 23.6 Å². The van der Waals surface area contributed by atoms with Crippen molar-refractivity contribution in [1.29, 1.82) is 0 Å². The molecule has 0 atom stereocenters. The first-order chi connectivity index (χ1) is 11.6. The van der Waals surface area contributed by atoms with Crippen LogP contribution in [0.25, 0.3) is 5.69 Å². The SMILES string of the molecule is CCOC(=O)c1cn(-c2ccc(Cl)cc2)nc1C(=O)c1cccs1. The van der Waals surface area contributed by atoms with Crippen molar-refractivity contribution in [3.8, 4) is 5.69 Å². The van der Waals surface area contributed by atoms with Gasteiger partial charge in [-0.25, -0.2) is 9.48 Å². The maximum Gasteiger partial charge on any atom is 0.342 e. The maximum atomic E-state index is 12.6. The Hall–Kier alpha value is -2.44. The number of carbonyl (C=O) groups excluding carboxylic acids is 2. The van der Waals surface area contributed by atoms with E-state index in [0.29, 0.717) is 15.6 Å². The number of ether oxygens (including phenoxy) is 1. The van der Waals surface area contributed by atoms with Crippen LogP contribution in [0.1, 0.15) is 32.6 Å². The van der Waals surface area contributed by atoms with Gasteiger partial charge in [0.2, 0.25) is 5.78 Å². The zero-order valence-electron chi connectivity index (χ0n) is 12.7. The highest BCUT2D eigenvalue weighted by atomic mass is 35.5. The minimum absolute atomic E-state index is 0.0749. The number of ketones is 1. The van der Waals surface area contributed by atoms with Crippen LogP contribution in [0.5, 0.6) is 0 Å². The lowest BCUT2D eigenvalue weighted by Crippen LogP contribution is -2.10. The number of benzene rings is 1. The largest absolute Gasteiger partial charge is 0.462 e. The van der Waals surface area contributed by atoms with Crippen molar-refractivity contribution in [2.24, 2.45) is 0 Å². The molecule has 5 nitrogen and oxygen atoms in total. The Balaban J connectivity index is 2.07. The molecule has 0 spiro atoms. The summed E-state index contributed by atoms with van der Waals surface area (Å²) in [6.45, 7) is 1.93. The topological polar surface area (TPSA) is 61.2 Å². The zero-order chi connectivity index (χ0) is 17.1. The third kappa shape index (κ3) is 3.25. The molecule has 0 amide bonds. The number of esters is 1. The Kier molecular flexibility index (Phi) is 4.78. The summed E-state index contributed by atoms with van der Waals surface area (Å²) in [6.07, 6.45) is 1.50. The second-order valence-electron chi connectivity index (χ2n) is 4.84. The highest BCUT2D eigenvalue weighted by molar-refractivity contribution is 7.12. The molecule has 0 saturated carbocycles. The molecule has 24 heavy (non-hydrogen) atoms. The molecule has 0 aliphatic carbocycles. The van der Waals surface area contributed by atoms with Gasteiger partial charge in [0.25, 0.3) is 0 Å². The van der Waals surface area contributed by atoms with Gasteiger partial charge in [0, 0.05) is 11.2 Å². The molecule has 0 radical (unpaired) electrons. The van der Waals surface area contributed by atoms with Crippen LogP contribution in [0.15, 0.2) is 48.0 Å². The molecule has 0 aliphatic heterocycles. The normalized spacial score (nSPS) is 10.6. The third-order valence-electron chi connectivity index (χ3n) is 3.26. The molecule has 7 heteroatoms. The number of rotatable bonds is 5. The van der Waals surface area contributed by atoms with Gasteiger partial charge in [0.1, 0.15) is 11.3 Å². The predicted octanol–water partition coefficient (Wildman–Crippen LogP) is 3.99. The average Bonchev–Trinajstić information content (AvgIpc) is 3.25. The van der Waals surface area contributed by atoms with Crippen LogP contribution >= 0.6 is 22.9 Å². The van der Waals surface area contributed by atoms with Gasteiger partial charge >= 0.3 is 5.97 Å². The van der Waals surface area contributed by atoms with Crippen molar-refractivity contribution in [2.45, 2.75) is 6.92 Å². The number of carbonyl (C=O) groups is 2. The molecular formula is C17H13ClN2O3S. The minimum atomic E-state index is -0.572. The summed E-state index contributed by atoms with van der Waals surface area (Å²) in [6, 6.07) is 10.4. The van der Waals surface area contributed by atoms with Gasteiger partial charge in [-0.15, -0.1) is 11.3 Å². The highest BCUT2D eigenvalue weighted by Gasteiger charge is 2.25. The van der Waals surface area contributed by atoms with E-state index in [1.165, 1.54) is 22.2 Å². The van der Waals surface area contributed by atoms with E-state index >= 15 is 0 Å². The first-order valence-corrected chi connectivity index (χ1v) is 8.47. The smallest absolute Gasteiger partial charge is 0.342 e. The number of nitrogens with zero attached hydrogens (tertiary/aromatic N) is 2. The number of thiophene rings is 1. The van der Waals surface area contributed by atoms with Crippen LogP contribution in [0.3, 0.4) is 0 Å². The van der Waals surface area contributed by atoms with Crippen molar-refractivity contribution >= 4 is 34.7 Å². The van der Waals surface area contributed by atoms with E-state index in [4.69, 9.17) is 16.3 Å². The molecule has 2 heterocycles. The van der Waals surface area contributed by atoms with Crippen molar-refractivity contribution in [3.05, 3.63) is 69.1 Å². The molecule has 0 fully saturated rings. The molecule has 0 unspecified atom stereocenters. The monoisotopic (exact) mass is 360 g/mol. The summed E-state index contributed by atoms with van der Waals surface area (Å²) in [4.78, 5) is 25.3. The predicted molar refractivity (Wildman–Crippen MR) is 92.3 cm³/mol. The Morgan fingerprint density at radius 1 is 1.25 bits per heavy atom. The van der Waals surface area contributed by atoms with E-state index < -0.39 is 5.97 Å². The number of aromatic nitrogens is 2. The van der Waals surface area contributed by atoms with E-state index in [0.717, 1.165) is 0 Å². The fourth-order valence-electron chi connectivity index (χ4n) is 2.15. The molecule has 0 bridgehead atoms. The maximum absolute atomic E-state index is 12.6. The fraction of sp³-hybridized carbons (Fsp3) is 0.118. The minimum Gasteiger partial charge on any atom is -0.462 e. The number of hydrogen-bond donors (Lipinski definition) is 0. The van der Waals surface area contributed by atoms with E-state index in [2.05, 4.69) is 5.10 Å². The average molecular weight is 361 g/mol. The Morgan fingerprint density at radius 3 is 2.62 bits per heavy atom. The van der Waals surface area contributed by atoms with Crippen LogP contribution in [-0.4, -0.2) is 28.1 Å². The number of halogens is 1. The Labute approximate surface area is 147 Å². The van der Waals surface area contributed by atoms with Gasteiger partial charge in [-0.1, -0.05) is 17.7 Å².